The van der Waals surface area contributed by atoms with Crippen LogP contribution in [0.2, 0.25) is 0 Å². The number of amides is 1. The first-order valence-electron chi connectivity index (χ1n) is 7.46. The van der Waals surface area contributed by atoms with Crippen molar-refractivity contribution >= 4 is 33.7 Å². The first-order chi connectivity index (χ1) is 11.9. The molecule has 1 aromatic carbocycles. The molecule has 3 aromatic heterocycles. The number of aromatic nitrogens is 5. The van der Waals surface area contributed by atoms with Crippen LogP contribution in [0.4, 0.5) is 10.2 Å². The minimum Gasteiger partial charge on any atom is -0.384 e. The van der Waals surface area contributed by atoms with Crippen molar-refractivity contribution in [3.8, 4) is 5.69 Å². The lowest BCUT2D eigenvalue weighted by molar-refractivity contribution is 0.100. The second-order valence-corrected chi connectivity index (χ2v) is 5.78. The van der Waals surface area contributed by atoms with Crippen LogP contribution in [0.15, 0.2) is 18.5 Å². The Morgan fingerprint density at radius 2 is 2.04 bits per heavy atom. The number of H-pyrrole nitrogens is 1. The van der Waals surface area contributed by atoms with Crippen LogP contribution in [-0.4, -0.2) is 30.6 Å². The molecule has 25 heavy (non-hydrogen) atoms. The second-order valence-electron chi connectivity index (χ2n) is 5.78. The van der Waals surface area contributed by atoms with Crippen molar-refractivity contribution in [2.75, 3.05) is 5.73 Å². The van der Waals surface area contributed by atoms with Gasteiger partial charge in [-0.25, -0.2) is 14.4 Å². The Morgan fingerprint density at radius 1 is 1.28 bits per heavy atom. The number of aryl methyl sites for hydroxylation is 1. The number of anilines is 1. The number of hydrogen-bond donors (Lipinski definition) is 3. The summed E-state index contributed by atoms with van der Waals surface area (Å²) >= 11 is 0. The van der Waals surface area contributed by atoms with Crippen molar-refractivity contribution in [3.05, 3.63) is 41.2 Å². The Bertz CT molecular complexity index is 1170. The van der Waals surface area contributed by atoms with E-state index in [4.69, 9.17) is 11.5 Å². The highest BCUT2D eigenvalue weighted by molar-refractivity contribution is 6.11. The molecule has 3 heterocycles. The average molecular weight is 339 g/mol. The number of rotatable bonds is 2. The van der Waals surface area contributed by atoms with Crippen LogP contribution in [0.3, 0.4) is 0 Å². The van der Waals surface area contributed by atoms with Gasteiger partial charge in [-0.1, -0.05) is 0 Å². The molecule has 0 aliphatic rings. The first-order valence-corrected chi connectivity index (χ1v) is 7.46. The van der Waals surface area contributed by atoms with E-state index in [0.29, 0.717) is 39.0 Å². The minimum atomic E-state index is -0.703. The molecule has 1 amide bonds. The SMILES string of the molecule is Cc1ncc2c(C(N)=O)c(N)n(-c3c(C)c(F)cc4[nH]ncc34)c2n1. The molecule has 126 valence electrons. The summed E-state index contributed by atoms with van der Waals surface area (Å²) in [5, 5.41) is 7.77. The van der Waals surface area contributed by atoms with E-state index in [1.807, 2.05) is 0 Å². The van der Waals surface area contributed by atoms with E-state index in [-0.39, 0.29) is 11.4 Å². The van der Waals surface area contributed by atoms with Gasteiger partial charge in [-0.15, -0.1) is 0 Å². The van der Waals surface area contributed by atoms with E-state index in [1.54, 1.807) is 20.0 Å². The molecule has 0 atom stereocenters. The summed E-state index contributed by atoms with van der Waals surface area (Å²) in [4.78, 5) is 20.4. The van der Waals surface area contributed by atoms with Crippen LogP contribution >= 0.6 is 0 Å². The van der Waals surface area contributed by atoms with Gasteiger partial charge in [0.15, 0.2) is 5.65 Å². The number of halogens is 1. The highest BCUT2D eigenvalue weighted by atomic mass is 19.1. The fraction of sp³-hybridized carbons (Fsp3) is 0.125. The van der Waals surface area contributed by atoms with Gasteiger partial charge in [-0.2, -0.15) is 5.10 Å². The molecular weight excluding hydrogens is 325 g/mol. The Hall–Kier alpha value is -3.49. The van der Waals surface area contributed by atoms with Gasteiger partial charge in [0.25, 0.3) is 5.91 Å². The van der Waals surface area contributed by atoms with Crippen LogP contribution in [0, 0.1) is 19.7 Å². The predicted octanol–water partition coefficient (Wildman–Crippen LogP) is 1.73. The van der Waals surface area contributed by atoms with Gasteiger partial charge in [0.2, 0.25) is 0 Å². The second kappa shape index (κ2) is 5.00. The zero-order chi connectivity index (χ0) is 17.9. The molecule has 0 saturated carbocycles. The molecule has 0 bridgehead atoms. The molecule has 0 aliphatic carbocycles. The third kappa shape index (κ3) is 1.98. The van der Waals surface area contributed by atoms with Crippen LogP contribution < -0.4 is 11.5 Å². The summed E-state index contributed by atoms with van der Waals surface area (Å²) in [6.07, 6.45) is 3.06. The maximum absolute atomic E-state index is 14.4. The molecule has 0 saturated heterocycles. The molecule has 0 radical (unpaired) electrons. The molecule has 0 unspecified atom stereocenters. The van der Waals surface area contributed by atoms with Gasteiger partial charge in [0.05, 0.1) is 28.4 Å². The van der Waals surface area contributed by atoms with Crippen LogP contribution in [0.25, 0.3) is 27.6 Å². The number of carbonyl (C=O) groups excluding carboxylic acids is 1. The minimum absolute atomic E-state index is 0.0820. The van der Waals surface area contributed by atoms with Crippen molar-refractivity contribution in [1.29, 1.82) is 0 Å². The lowest BCUT2D eigenvalue weighted by atomic mass is 10.1. The lowest BCUT2D eigenvalue weighted by Gasteiger charge is -2.13. The Kier molecular flexibility index (Phi) is 3.01. The highest BCUT2D eigenvalue weighted by Gasteiger charge is 2.25. The number of hydrogen-bond acceptors (Lipinski definition) is 5. The zero-order valence-electron chi connectivity index (χ0n) is 13.5. The molecule has 0 aliphatic heterocycles. The number of fused-ring (bicyclic) bond motifs is 2. The number of nitrogen functional groups attached to an aromatic ring is 1. The normalized spacial score (nSPS) is 11.5. The number of nitrogens with zero attached hydrogens (tertiary/aromatic N) is 4. The maximum atomic E-state index is 14.4. The lowest BCUT2D eigenvalue weighted by Crippen LogP contribution is -2.14. The Morgan fingerprint density at radius 3 is 2.76 bits per heavy atom. The topological polar surface area (TPSA) is 128 Å². The molecule has 9 heteroatoms. The summed E-state index contributed by atoms with van der Waals surface area (Å²) < 4.78 is 16.0. The van der Waals surface area contributed by atoms with Crippen LogP contribution in [0.5, 0.6) is 0 Å². The van der Waals surface area contributed by atoms with Gasteiger partial charge in [0, 0.05) is 17.1 Å². The van der Waals surface area contributed by atoms with Gasteiger partial charge in [-0.3, -0.25) is 14.5 Å². The fourth-order valence-electron chi connectivity index (χ4n) is 3.09. The van der Waals surface area contributed by atoms with E-state index in [2.05, 4.69) is 20.2 Å². The van der Waals surface area contributed by atoms with Gasteiger partial charge in [0.1, 0.15) is 17.5 Å². The van der Waals surface area contributed by atoms with Gasteiger partial charge < -0.3 is 11.5 Å². The molecule has 5 N–H and O–H groups in total. The van der Waals surface area contributed by atoms with E-state index in [0.717, 1.165) is 0 Å². The molecule has 4 aromatic rings. The largest absolute Gasteiger partial charge is 0.384 e. The third-order valence-electron chi connectivity index (χ3n) is 4.25. The predicted molar refractivity (Wildman–Crippen MR) is 90.9 cm³/mol. The van der Waals surface area contributed by atoms with Crippen molar-refractivity contribution in [2.24, 2.45) is 5.73 Å². The van der Waals surface area contributed by atoms with Crippen molar-refractivity contribution in [3.63, 3.8) is 0 Å². The summed E-state index contributed by atoms with van der Waals surface area (Å²) in [7, 11) is 0. The summed E-state index contributed by atoms with van der Waals surface area (Å²) in [5.74, 6) is -0.566. The fourth-order valence-corrected chi connectivity index (χ4v) is 3.09. The van der Waals surface area contributed by atoms with E-state index < -0.39 is 11.7 Å². The van der Waals surface area contributed by atoms with Crippen molar-refractivity contribution in [1.82, 2.24) is 24.7 Å². The molecular formula is C16H14FN7O. The first kappa shape index (κ1) is 15.1. The number of aromatic amines is 1. The number of carbonyl (C=O) groups is 1. The van der Waals surface area contributed by atoms with Crippen molar-refractivity contribution < 1.29 is 9.18 Å². The number of primary amides is 1. The van der Waals surface area contributed by atoms with Crippen LogP contribution in [0.1, 0.15) is 21.7 Å². The summed E-state index contributed by atoms with van der Waals surface area (Å²) in [6.45, 7) is 3.34. The monoisotopic (exact) mass is 339 g/mol. The number of nitrogens with one attached hydrogen (secondary N) is 1. The Labute approximate surface area is 140 Å². The van der Waals surface area contributed by atoms with Crippen LogP contribution in [-0.2, 0) is 0 Å². The molecule has 0 spiro atoms. The average Bonchev–Trinajstić information content (AvgIpc) is 3.11. The standard InChI is InChI=1S/C16H14FN7O/c1-6-10(17)3-11-8(5-21-23-11)13(6)24-14(18)12(15(19)25)9-4-20-7(2)22-16(9)24/h3-5H,18H2,1-2H3,(H2,19,25)(H,21,23). The molecule has 0 fully saturated rings. The molecule has 8 nitrogen and oxygen atoms in total. The van der Waals surface area contributed by atoms with E-state index in [1.165, 1.54) is 16.8 Å². The molecule has 4 rings (SSSR count). The van der Waals surface area contributed by atoms with E-state index in [9.17, 15) is 9.18 Å². The van der Waals surface area contributed by atoms with Gasteiger partial charge >= 0.3 is 0 Å². The van der Waals surface area contributed by atoms with Crippen molar-refractivity contribution in [2.45, 2.75) is 13.8 Å². The smallest absolute Gasteiger partial charge is 0.253 e. The number of nitrogens with two attached hydrogens (primary N) is 2. The van der Waals surface area contributed by atoms with E-state index >= 15 is 0 Å². The zero-order valence-corrected chi connectivity index (χ0v) is 13.5. The maximum Gasteiger partial charge on any atom is 0.253 e. The third-order valence-corrected chi connectivity index (χ3v) is 4.25. The quantitative estimate of drug-likeness (QED) is 0.512. The summed E-state index contributed by atoms with van der Waals surface area (Å²) in [5.41, 5.74) is 13.5. The summed E-state index contributed by atoms with van der Waals surface area (Å²) in [6, 6.07) is 1.36. The highest BCUT2D eigenvalue weighted by Crippen LogP contribution is 2.35. The van der Waals surface area contributed by atoms with Gasteiger partial charge in [-0.05, 0) is 19.9 Å². The Balaban J connectivity index is 2.25. The number of benzene rings is 1.